The second-order valence-electron chi connectivity index (χ2n) is 5.11. The molecular formula is C15H21NO. The molecule has 0 bridgehead atoms. The number of nitrogens with two attached hydrogens (primary N) is 1. The van der Waals surface area contributed by atoms with E-state index in [1.54, 1.807) is 0 Å². The molecule has 2 rings (SSSR count). The third kappa shape index (κ3) is 3.32. The number of amides is 1. The Labute approximate surface area is 103 Å². The van der Waals surface area contributed by atoms with Gasteiger partial charge < -0.3 is 5.73 Å². The summed E-state index contributed by atoms with van der Waals surface area (Å²) < 4.78 is 0. The van der Waals surface area contributed by atoms with Gasteiger partial charge in [-0.25, -0.2) is 0 Å². The molecule has 0 aliphatic heterocycles. The van der Waals surface area contributed by atoms with E-state index in [1.807, 2.05) is 0 Å². The Morgan fingerprint density at radius 3 is 2.47 bits per heavy atom. The van der Waals surface area contributed by atoms with Gasteiger partial charge in [0.25, 0.3) is 0 Å². The number of hydrogen-bond donors (Lipinski definition) is 1. The Morgan fingerprint density at radius 2 is 2.00 bits per heavy atom. The van der Waals surface area contributed by atoms with Gasteiger partial charge in [0.05, 0.1) is 0 Å². The van der Waals surface area contributed by atoms with E-state index in [9.17, 15) is 4.79 Å². The molecule has 1 aliphatic carbocycles. The van der Waals surface area contributed by atoms with Crippen molar-refractivity contribution in [3.63, 3.8) is 0 Å². The summed E-state index contributed by atoms with van der Waals surface area (Å²) in [6.45, 7) is 2.19. The number of rotatable bonds is 6. The van der Waals surface area contributed by atoms with Crippen molar-refractivity contribution in [2.45, 2.75) is 44.9 Å². The summed E-state index contributed by atoms with van der Waals surface area (Å²) in [4.78, 5) is 11.1. The van der Waals surface area contributed by atoms with Crippen LogP contribution in [0.3, 0.4) is 0 Å². The lowest BCUT2D eigenvalue weighted by Crippen LogP contribution is -2.16. The van der Waals surface area contributed by atoms with Crippen LogP contribution in [0, 0.1) is 5.92 Å². The van der Waals surface area contributed by atoms with E-state index in [1.165, 1.54) is 30.4 Å². The molecule has 0 spiro atoms. The minimum atomic E-state index is -0.181. The molecular weight excluding hydrogens is 210 g/mol. The van der Waals surface area contributed by atoms with Gasteiger partial charge in [0.2, 0.25) is 5.91 Å². The van der Waals surface area contributed by atoms with Crippen molar-refractivity contribution >= 4 is 5.91 Å². The molecule has 92 valence electrons. The van der Waals surface area contributed by atoms with Crippen molar-refractivity contribution in [3.8, 4) is 0 Å². The van der Waals surface area contributed by atoms with Gasteiger partial charge in [0.1, 0.15) is 0 Å². The summed E-state index contributed by atoms with van der Waals surface area (Å²) >= 11 is 0. The zero-order chi connectivity index (χ0) is 12.3. The molecule has 1 unspecified atom stereocenters. The zero-order valence-electron chi connectivity index (χ0n) is 10.5. The quantitative estimate of drug-likeness (QED) is 0.803. The van der Waals surface area contributed by atoms with Gasteiger partial charge in [0.15, 0.2) is 0 Å². The van der Waals surface area contributed by atoms with Gasteiger partial charge in [-0.2, -0.15) is 0 Å². The van der Waals surface area contributed by atoms with Crippen LogP contribution in [-0.2, 0) is 11.2 Å². The first-order valence-electron chi connectivity index (χ1n) is 6.58. The predicted molar refractivity (Wildman–Crippen MR) is 69.7 cm³/mol. The van der Waals surface area contributed by atoms with E-state index >= 15 is 0 Å². The molecule has 1 saturated carbocycles. The summed E-state index contributed by atoms with van der Waals surface area (Å²) in [5, 5.41) is 0. The van der Waals surface area contributed by atoms with Crippen LogP contribution >= 0.6 is 0 Å². The molecule has 0 aromatic heterocycles. The molecule has 1 aliphatic rings. The summed E-state index contributed by atoms with van der Waals surface area (Å²) in [5.74, 6) is 0.849. The Kier molecular flexibility index (Phi) is 3.82. The van der Waals surface area contributed by atoms with E-state index in [0.717, 1.165) is 6.42 Å². The summed E-state index contributed by atoms with van der Waals surface area (Å²) in [6.07, 6.45) is 5.29. The first-order chi connectivity index (χ1) is 8.20. The summed E-state index contributed by atoms with van der Waals surface area (Å²) in [5.41, 5.74) is 8.00. The number of carbonyl (C=O) groups excluding carboxylic acids is 1. The molecule has 2 nitrogen and oxygen atoms in total. The molecule has 1 aromatic carbocycles. The monoisotopic (exact) mass is 231 g/mol. The van der Waals surface area contributed by atoms with Crippen LogP contribution in [0.15, 0.2) is 24.3 Å². The summed E-state index contributed by atoms with van der Waals surface area (Å²) in [6, 6.07) is 8.73. The van der Waals surface area contributed by atoms with E-state index < -0.39 is 0 Å². The highest BCUT2D eigenvalue weighted by Crippen LogP contribution is 2.44. The Hall–Kier alpha value is -1.31. The predicted octanol–water partition coefficient (Wildman–Crippen LogP) is 3.01. The van der Waals surface area contributed by atoms with Crippen molar-refractivity contribution in [1.29, 1.82) is 0 Å². The van der Waals surface area contributed by atoms with Gasteiger partial charge in [-0.1, -0.05) is 37.6 Å². The largest absolute Gasteiger partial charge is 0.370 e. The third-order valence-electron chi connectivity index (χ3n) is 3.56. The molecule has 1 atom stereocenters. The lowest BCUT2D eigenvalue weighted by atomic mass is 9.90. The minimum Gasteiger partial charge on any atom is -0.370 e. The first kappa shape index (κ1) is 12.2. The van der Waals surface area contributed by atoms with Crippen molar-refractivity contribution in [2.24, 2.45) is 11.7 Å². The SMILES string of the molecule is CCCc1ccc(C(CC(N)=O)C2CC2)cc1. The average Bonchev–Trinajstić information content (AvgIpc) is 3.11. The number of carbonyl (C=O) groups is 1. The zero-order valence-corrected chi connectivity index (χ0v) is 10.5. The molecule has 1 aromatic rings. The topological polar surface area (TPSA) is 43.1 Å². The normalized spacial score (nSPS) is 16.8. The van der Waals surface area contributed by atoms with Crippen LogP contribution in [0.5, 0.6) is 0 Å². The molecule has 0 radical (unpaired) electrons. The van der Waals surface area contributed by atoms with Crippen LogP contribution in [0.1, 0.15) is 49.7 Å². The molecule has 0 heterocycles. The average molecular weight is 231 g/mol. The van der Waals surface area contributed by atoms with Gasteiger partial charge in [-0.05, 0) is 42.2 Å². The standard InChI is InChI=1S/C15H21NO/c1-2-3-11-4-6-12(7-5-11)14(10-15(16)17)13-8-9-13/h4-7,13-14H,2-3,8-10H2,1H3,(H2,16,17). The van der Waals surface area contributed by atoms with Crippen molar-refractivity contribution in [1.82, 2.24) is 0 Å². The second kappa shape index (κ2) is 5.35. The lowest BCUT2D eigenvalue weighted by Gasteiger charge is -2.15. The molecule has 1 fully saturated rings. The molecule has 1 amide bonds. The molecule has 2 heteroatoms. The van der Waals surface area contributed by atoms with E-state index in [2.05, 4.69) is 31.2 Å². The maximum atomic E-state index is 11.1. The maximum absolute atomic E-state index is 11.1. The molecule has 17 heavy (non-hydrogen) atoms. The van der Waals surface area contributed by atoms with Crippen LogP contribution in [0.25, 0.3) is 0 Å². The van der Waals surface area contributed by atoms with Gasteiger partial charge in [0, 0.05) is 6.42 Å². The van der Waals surface area contributed by atoms with Gasteiger partial charge in [-0.3, -0.25) is 4.79 Å². The lowest BCUT2D eigenvalue weighted by molar-refractivity contribution is -0.118. The fourth-order valence-electron chi connectivity index (χ4n) is 2.49. The van der Waals surface area contributed by atoms with Crippen LogP contribution in [-0.4, -0.2) is 5.91 Å². The van der Waals surface area contributed by atoms with Gasteiger partial charge in [-0.15, -0.1) is 0 Å². The molecule has 2 N–H and O–H groups in total. The number of hydrogen-bond acceptors (Lipinski definition) is 1. The molecule has 0 saturated heterocycles. The van der Waals surface area contributed by atoms with E-state index in [-0.39, 0.29) is 5.91 Å². The highest BCUT2D eigenvalue weighted by atomic mass is 16.1. The first-order valence-corrected chi connectivity index (χ1v) is 6.58. The fourth-order valence-corrected chi connectivity index (χ4v) is 2.49. The minimum absolute atomic E-state index is 0.181. The van der Waals surface area contributed by atoms with Crippen molar-refractivity contribution in [2.75, 3.05) is 0 Å². The van der Waals surface area contributed by atoms with Crippen LogP contribution in [0.4, 0.5) is 0 Å². The van der Waals surface area contributed by atoms with Gasteiger partial charge >= 0.3 is 0 Å². The highest BCUT2D eigenvalue weighted by molar-refractivity contribution is 5.74. The smallest absolute Gasteiger partial charge is 0.218 e. The van der Waals surface area contributed by atoms with Crippen LogP contribution < -0.4 is 5.73 Å². The van der Waals surface area contributed by atoms with Crippen LogP contribution in [0.2, 0.25) is 0 Å². The number of benzene rings is 1. The summed E-state index contributed by atoms with van der Waals surface area (Å²) in [7, 11) is 0. The number of primary amides is 1. The maximum Gasteiger partial charge on any atom is 0.218 e. The van der Waals surface area contributed by atoms with Crippen molar-refractivity contribution in [3.05, 3.63) is 35.4 Å². The fraction of sp³-hybridized carbons (Fsp3) is 0.533. The highest BCUT2D eigenvalue weighted by Gasteiger charge is 2.33. The number of aryl methyl sites for hydroxylation is 1. The Bertz CT molecular complexity index is 378. The van der Waals surface area contributed by atoms with Crippen molar-refractivity contribution < 1.29 is 4.79 Å². The second-order valence-corrected chi connectivity index (χ2v) is 5.11. The van der Waals surface area contributed by atoms with E-state index in [4.69, 9.17) is 5.73 Å². The van der Waals surface area contributed by atoms with E-state index in [0.29, 0.717) is 18.3 Å². The Balaban J connectivity index is 2.09. The Morgan fingerprint density at radius 1 is 1.35 bits per heavy atom. The third-order valence-corrected chi connectivity index (χ3v) is 3.56.